The fraction of sp³-hybridized carbons (Fsp3) is 0.417. The van der Waals surface area contributed by atoms with Crippen molar-refractivity contribution in [3.63, 3.8) is 0 Å². The standard InChI is InChI=1S/C12H13NO3/c1-8(14)11-6-9-4-2-3-5-10(9)7-12(11)13(15)16/h6-7H,2-5H2,1H3. The highest BCUT2D eigenvalue weighted by Gasteiger charge is 2.21. The summed E-state index contributed by atoms with van der Waals surface area (Å²) in [5.41, 5.74) is 2.32. The summed E-state index contributed by atoms with van der Waals surface area (Å²) in [6.45, 7) is 1.37. The second-order valence-corrected chi connectivity index (χ2v) is 4.16. The smallest absolute Gasteiger partial charge is 0.280 e. The van der Waals surface area contributed by atoms with E-state index >= 15 is 0 Å². The van der Waals surface area contributed by atoms with Crippen molar-refractivity contribution in [2.75, 3.05) is 0 Å². The molecule has 0 aromatic heterocycles. The van der Waals surface area contributed by atoms with E-state index in [4.69, 9.17) is 0 Å². The highest BCUT2D eigenvalue weighted by atomic mass is 16.6. The number of hydrogen-bond acceptors (Lipinski definition) is 3. The van der Waals surface area contributed by atoms with Crippen LogP contribution in [0.1, 0.15) is 41.3 Å². The van der Waals surface area contributed by atoms with Gasteiger partial charge < -0.3 is 0 Å². The van der Waals surface area contributed by atoms with Crippen LogP contribution in [-0.2, 0) is 12.8 Å². The van der Waals surface area contributed by atoms with E-state index in [-0.39, 0.29) is 17.0 Å². The van der Waals surface area contributed by atoms with E-state index in [0.29, 0.717) is 0 Å². The summed E-state index contributed by atoms with van der Waals surface area (Å²) in [6, 6.07) is 3.28. The first-order valence-corrected chi connectivity index (χ1v) is 5.40. The molecule has 0 saturated heterocycles. The first-order chi connectivity index (χ1) is 7.59. The maximum atomic E-state index is 11.4. The molecule has 16 heavy (non-hydrogen) atoms. The zero-order chi connectivity index (χ0) is 11.7. The Morgan fingerprint density at radius 2 is 1.81 bits per heavy atom. The number of hydrogen-bond donors (Lipinski definition) is 0. The number of aryl methyl sites for hydroxylation is 2. The Morgan fingerprint density at radius 3 is 2.31 bits per heavy atom. The molecule has 0 aliphatic heterocycles. The lowest BCUT2D eigenvalue weighted by atomic mass is 9.89. The van der Waals surface area contributed by atoms with Crippen LogP contribution in [0.4, 0.5) is 5.69 Å². The maximum Gasteiger partial charge on any atom is 0.280 e. The lowest BCUT2D eigenvalue weighted by molar-refractivity contribution is -0.385. The zero-order valence-corrected chi connectivity index (χ0v) is 9.16. The molecule has 4 nitrogen and oxygen atoms in total. The fourth-order valence-electron chi connectivity index (χ4n) is 2.21. The number of rotatable bonds is 2. The molecule has 0 spiro atoms. The molecule has 2 rings (SSSR count). The SMILES string of the molecule is CC(=O)c1cc2c(cc1[N+](=O)[O-])CCCC2. The monoisotopic (exact) mass is 219 g/mol. The number of carbonyl (C=O) groups excluding carboxylic acids is 1. The molecule has 84 valence electrons. The third-order valence-electron chi connectivity index (χ3n) is 3.04. The summed E-state index contributed by atoms with van der Waals surface area (Å²) >= 11 is 0. The minimum Gasteiger partial charge on any atom is -0.294 e. The van der Waals surface area contributed by atoms with E-state index in [1.54, 1.807) is 12.1 Å². The topological polar surface area (TPSA) is 60.2 Å². The summed E-state index contributed by atoms with van der Waals surface area (Å²) in [7, 11) is 0. The lowest BCUT2D eigenvalue weighted by Gasteiger charge is -2.16. The van der Waals surface area contributed by atoms with Gasteiger partial charge in [0, 0.05) is 6.07 Å². The predicted octanol–water partition coefficient (Wildman–Crippen LogP) is 2.68. The molecule has 0 unspecified atom stereocenters. The van der Waals surface area contributed by atoms with Crippen LogP contribution in [-0.4, -0.2) is 10.7 Å². The minimum atomic E-state index is -0.467. The van der Waals surface area contributed by atoms with Gasteiger partial charge in [-0.3, -0.25) is 14.9 Å². The van der Waals surface area contributed by atoms with E-state index in [2.05, 4.69) is 0 Å². The Labute approximate surface area is 93.4 Å². The molecular formula is C12H13NO3. The number of Topliss-reactive ketones (excluding diaryl/α,β-unsaturated/α-hetero) is 1. The second kappa shape index (κ2) is 4.04. The molecule has 0 fully saturated rings. The zero-order valence-electron chi connectivity index (χ0n) is 9.16. The van der Waals surface area contributed by atoms with Gasteiger partial charge in [0.25, 0.3) is 5.69 Å². The molecular weight excluding hydrogens is 206 g/mol. The summed E-state index contributed by atoms with van der Waals surface area (Å²) in [6.07, 6.45) is 3.98. The normalized spacial score (nSPS) is 14.3. The Kier molecular flexibility index (Phi) is 2.73. The summed E-state index contributed by atoms with van der Waals surface area (Å²) in [5, 5.41) is 10.9. The van der Waals surface area contributed by atoms with Crippen molar-refractivity contribution in [2.45, 2.75) is 32.6 Å². The second-order valence-electron chi connectivity index (χ2n) is 4.16. The molecule has 0 saturated carbocycles. The molecule has 0 amide bonds. The van der Waals surface area contributed by atoms with Gasteiger partial charge in [-0.1, -0.05) is 0 Å². The number of nitro groups is 1. The minimum absolute atomic E-state index is 0.0480. The average Bonchev–Trinajstić information content (AvgIpc) is 2.27. The van der Waals surface area contributed by atoms with Gasteiger partial charge in [0.15, 0.2) is 5.78 Å². The first kappa shape index (κ1) is 10.8. The van der Waals surface area contributed by atoms with Crippen LogP contribution >= 0.6 is 0 Å². The molecule has 0 heterocycles. The van der Waals surface area contributed by atoms with Gasteiger partial charge in [0.2, 0.25) is 0 Å². The van der Waals surface area contributed by atoms with Crippen LogP contribution in [0, 0.1) is 10.1 Å². The van der Waals surface area contributed by atoms with Gasteiger partial charge in [-0.25, -0.2) is 0 Å². The molecule has 0 radical (unpaired) electrons. The molecule has 4 heteroatoms. The van der Waals surface area contributed by atoms with E-state index in [1.165, 1.54) is 6.92 Å². The first-order valence-electron chi connectivity index (χ1n) is 5.40. The van der Waals surface area contributed by atoms with Crippen LogP contribution < -0.4 is 0 Å². The van der Waals surface area contributed by atoms with E-state index < -0.39 is 4.92 Å². The van der Waals surface area contributed by atoms with Crippen LogP contribution in [0.2, 0.25) is 0 Å². The van der Waals surface area contributed by atoms with Gasteiger partial charge in [0.05, 0.1) is 10.5 Å². The molecule has 1 aromatic carbocycles. The number of fused-ring (bicyclic) bond motifs is 1. The van der Waals surface area contributed by atoms with Crippen LogP contribution in [0.3, 0.4) is 0 Å². The van der Waals surface area contributed by atoms with Crippen LogP contribution in [0.5, 0.6) is 0 Å². The molecule has 1 aromatic rings. The molecule has 0 bridgehead atoms. The van der Waals surface area contributed by atoms with Crippen LogP contribution in [0.25, 0.3) is 0 Å². The molecule has 0 N–H and O–H groups in total. The number of nitro benzene ring substituents is 1. The van der Waals surface area contributed by atoms with E-state index in [9.17, 15) is 14.9 Å². The molecule has 1 aliphatic carbocycles. The quantitative estimate of drug-likeness (QED) is 0.436. The summed E-state index contributed by atoms with van der Waals surface area (Å²) in [5.74, 6) is -0.236. The third-order valence-corrected chi connectivity index (χ3v) is 3.04. The Balaban J connectivity index is 2.59. The maximum absolute atomic E-state index is 11.4. The Hall–Kier alpha value is -1.71. The number of benzene rings is 1. The third kappa shape index (κ3) is 1.83. The number of nitrogens with zero attached hydrogens (tertiary/aromatic N) is 1. The van der Waals surface area contributed by atoms with Gasteiger partial charge in [-0.05, 0) is 49.8 Å². The predicted molar refractivity (Wildman–Crippen MR) is 59.7 cm³/mol. The van der Waals surface area contributed by atoms with E-state index in [0.717, 1.165) is 36.8 Å². The van der Waals surface area contributed by atoms with Crippen molar-refractivity contribution in [1.82, 2.24) is 0 Å². The van der Waals surface area contributed by atoms with E-state index in [1.807, 2.05) is 0 Å². The van der Waals surface area contributed by atoms with Crippen molar-refractivity contribution in [1.29, 1.82) is 0 Å². The summed E-state index contributed by atoms with van der Waals surface area (Å²) in [4.78, 5) is 21.8. The largest absolute Gasteiger partial charge is 0.294 e. The van der Waals surface area contributed by atoms with Crippen LogP contribution in [0.15, 0.2) is 12.1 Å². The lowest BCUT2D eigenvalue weighted by Crippen LogP contribution is -2.08. The molecule has 0 atom stereocenters. The van der Waals surface area contributed by atoms with Crippen molar-refractivity contribution >= 4 is 11.5 Å². The number of carbonyl (C=O) groups is 1. The van der Waals surface area contributed by atoms with Crippen molar-refractivity contribution in [2.24, 2.45) is 0 Å². The highest BCUT2D eigenvalue weighted by molar-refractivity contribution is 5.98. The fourth-order valence-corrected chi connectivity index (χ4v) is 2.21. The van der Waals surface area contributed by atoms with Crippen molar-refractivity contribution < 1.29 is 9.72 Å². The Bertz CT molecular complexity index is 423. The van der Waals surface area contributed by atoms with Crippen molar-refractivity contribution in [3.8, 4) is 0 Å². The number of ketones is 1. The molecule has 1 aliphatic rings. The highest BCUT2D eigenvalue weighted by Crippen LogP contribution is 2.29. The van der Waals surface area contributed by atoms with Gasteiger partial charge >= 0.3 is 0 Å². The Morgan fingerprint density at radius 1 is 1.25 bits per heavy atom. The van der Waals surface area contributed by atoms with Gasteiger partial charge in [-0.15, -0.1) is 0 Å². The van der Waals surface area contributed by atoms with Gasteiger partial charge in [0.1, 0.15) is 0 Å². The van der Waals surface area contributed by atoms with Crippen molar-refractivity contribution in [3.05, 3.63) is 38.9 Å². The average molecular weight is 219 g/mol. The summed E-state index contributed by atoms with van der Waals surface area (Å²) < 4.78 is 0. The van der Waals surface area contributed by atoms with Gasteiger partial charge in [-0.2, -0.15) is 0 Å².